The molecule has 3 aromatic rings. The molecule has 0 aliphatic heterocycles. The van der Waals surface area contributed by atoms with Crippen molar-refractivity contribution < 1.29 is 9.26 Å². The summed E-state index contributed by atoms with van der Waals surface area (Å²) in [6, 6.07) is 13.8. The largest absolute Gasteiger partial charge is 0.497 e. The molecule has 0 saturated heterocycles. The first-order valence-corrected chi connectivity index (χ1v) is 7.88. The van der Waals surface area contributed by atoms with E-state index in [1.54, 1.807) is 7.11 Å². The maximum atomic E-state index is 5.41. The minimum absolute atomic E-state index is 0.0772. The van der Waals surface area contributed by atoms with E-state index in [4.69, 9.17) is 9.26 Å². The Morgan fingerprint density at radius 3 is 2.46 bits per heavy atom. The molecule has 1 heterocycles. The number of ether oxygens (including phenoxy) is 1. The predicted molar refractivity (Wildman–Crippen MR) is 94.2 cm³/mol. The van der Waals surface area contributed by atoms with E-state index in [0.29, 0.717) is 11.7 Å². The average molecular weight is 323 g/mol. The molecule has 2 aromatic carbocycles. The maximum absolute atomic E-state index is 5.41. The molecule has 5 nitrogen and oxygen atoms in total. The molecule has 5 heteroatoms. The van der Waals surface area contributed by atoms with E-state index in [-0.39, 0.29) is 6.04 Å². The van der Waals surface area contributed by atoms with Crippen LogP contribution in [-0.2, 0) is 0 Å². The molecule has 0 spiro atoms. The van der Waals surface area contributed by atoms with Crippen LogP contribution in [0.25, 0.3) is 11.4 Å². The van der Waals surface area contributed by atoms with Gasteiger partial charge in [-0.2, -0.15) is 4.98 Å². The minimum atomic E-state index is -0.0772. The number of hydrogen-bond acceptors (Lipinski definition) is 5. The molecule has 1 aromatic heterocycles. The monoisotopic (exact) mass is 323 g/mol. The number of rotatable bonds is 5. The first kappa shape index (κ1) is 16.1. The smallest absolute Gasteiger partial charge is 0.249 e. The number of anilines is 1. The van der Waals surface area contributed by atoms with Crippen LogP contribution in [0.2, 0.25) is 0 Å². The molecule has 0 amide bonds. The van der Waals surface area contributed by atoms with Crippen LogP contribution in [0, 0.1) is 13.8 Å². The third-order valence-electron chi connectivity index (χ3n) is 4.05. The Balaban J connectivity index is 1.75. The molecular weight excluding hydrogens is 302 g/mol. The Morgan fingerprint density at radius 1 is 1.04 bits per heavy atom. The van der Waals surface area contributed by atoms with E-state index in [9.17, 15) is 0 Å². The van der Waals surface area contributed by atoms with Crippen molar-refractivity contribution >= 4 is 5.69 Å². The molecule has 0 saturated carbocycles. The van der Waals surface area contributed by atoms with Crippen LogP contribution in [0.15, 0.2) is 47.0 Å². The van der Waals surface area contributed by atoms with Crippen LogP contribution >= 0.6 is 0 Å². The fraction of sp³-hybridized carbons (Fsp3) is 0.263. The number of aryl methyl sites for hydroxylation is 2. The summed E-state index contributed by atoms with van der Waals surface area (Å²) in [6.45, 7) is 6.20. The summed E-state index contributed by atoms with van der Waals surface area (Å²) in [6.07, 6.45) is 0. The molecule has 0 bridgehead atoms. The summed E-state index contributed by atoms with van der Waals surface area (Å²) < 4.78 is 10.6. The number of aromatic nitrogens is 2. The Kier molecular flexibility index (Phi) is 4.51. The lowest BCUT2D eigenvalue weighted by atomic mass is 10.1. The standard InChI is InChI=1S/C19H21N3O2/c1-12-5-8-16(11-13(12)2)20-14(3)19-21-18(22-24-19)15-6-9-17(23-4)10-7-15/h5-11,14,20H,1-4H3/t14-/m0/s1. The molecule has 0 aliphatic rings. The Bertz CT molecular complexity index is 825. The normalized spacial score (nSPS) is 12.0. The molecule has 0 fully saturated rings. The summed E-state index contributed by atoms with van der Waals surface area (Å²) in [7, 11) is 1.64. The number of nitrogens with zero attached hydrogens (tertiary/aromatic N) is 2. The highest BCUT2D eigenvalue weighted by molar-refractivity contribution is 5.56. The molecule has 1 atom stereocenters. The van der Waals surface area contributed by atoms with E-state index in [1.165, 1.54) is 11.1 Å². The van der Waals surface area contributed by atoms with Crippen LogP contribution in [-0.4, -0.2) is 17.3 Å². The van der Waals surface area contributed by atoms with Crippen molar-refractivity contribution in [2.75, 3.05) is 12.4 Å². The zero-order valence-corrected chi connectivity index (χ0v) is 14.3. The highest BCUT2D eigenvalue weighted by Gasteiger charge is 2.15. The van der Waals surface area contributed by atoms with Crippen LogP contribution < -0.4 is 10.1 Å². The van der Waals surface area contributed by atoms with Crippen LogP contribution in [0.1, 0.15) is 30.0 Å². The fourth-order valence-electron chi connectivity index (χ4n) is 2.41. The van der Waals surface area contributed by atoms with Gasteiger partial charge in [0.2, 0.25) is 11.7 Å². The zero-order valence-electron chi connectivity index (χ0n) is 14.3. The Morgan fingerprint density at radius 2 is 1.79 bits per heavy atom. The van der Waals surface area contributed by atoms with Crippen molar-refractivity contribution in [3.63, 3.8) is 0 Å². The van der Waals surface area contributed by atoms with Gasteiger partial charge in [-0.1, -0.05) is 11.2 Å². The molecule has 0 radical (unpaired) electrons. The quantitative estimate of drug-likeness (QED) is 0.747. The summed E-state index contributed by atoms with van der Waals surface area (Å²) in [5.41, 5.74) is 4.45. The van der Waals surface area contributed by atoms with Gasteiger partial charge in [-0.3, -0.25) is 0 Å². The highest BCUT2D eigenvalue weighted by Crippen LogP contribution is 2.24. The first-order valence-electron chi connectivity index (χ1n) is 7.88. The molecule has 124 valence electrons. The van der Waals surface area contributed by atoms with Crippen molar-refractivity contribution in [1.82, 2.24) is 10.1 Å². The summed E-state index contributed by atoms with van der Waals surface area (Å²) >= 11 is 0. The number of methoxy groups -OCH3 is 1. The molecule has 3 rings (SSSR count). The summed E-state index contributed by atoms with van der Waals surface area (Å²) in [4.78, 5) is 4.49. The van der Waals surface area contributed by atoms with E-state index in [1.807, 2.05) is 31.2 Å². The number of benzene rings is 2. The van der Waals surface area contributed by atoms with Gasteiger partial charge in [-0.05, 0) is 68.3 Å². The number of hydrogen-bond donors (Lipinski definition) is 1. The Labute approximate surface area is 141 Å². The second kappa shape index (κ2) is 6.74. The Hall–Kier alpha value is -2.82. The van der Waals surface area contributed by atoms with E-state index in [2.05, 4.69) is 47.5 Å². The lowest BCUT2D eigenvalue weighted by Crippen LogP contribution is -2.07. The van der Waals surface area contributed by atoms with Crippen molar-refractivity contribution in [3.8, 4) is 17.1 Å². The first-order chi connectivity index (χ1) is 11.6. The maximum Gasteiger partial charge on any atom is 0.249 e. The van der Waals surface area contributed by atoms with Gasteiger partial charge >= 0.3 is 0 Å². The van der Waals surface area contributed by atoms with Crippen LogP contribution in [0.4, 0.5) is 5.69 Å². The van der Waals surface area contributed by atoms with E-state index < -0.39 is 0 Å². The second-order valence-electron chi connectivity index (χ2n) is 5.85. The topological polar surface area (TPSA) is 60.2 Å². The van der Waals surface area contributed by atoms with Crippen molar-refractivity contribution in [2.24, 2.45) is 0 Å². The fourth-order valence-corrected chi connectivity index (χ4v) is 2.41. The van der Waals surface area contributed by atoms with Gasteiger partial charge in [0, 0.05) is 11.3 Å². The van der Waals surface area contributed by atoms with Crippen molar-refractivity contribution in [1.29, 1.82) is 0 Å². The molecule has 0 aliphatic carbocycles. The number of nitrogens with one attached hydrogen (secondary N) is 1. The van der Waals surface area contributed by atoms with Gasteiger partial charge in [-0.15, -0.1) is 0 Å². The van der Waals surface area contributed by atoms with Crippen LogP contribution in [0.5, 0.6) is 5.75 Å². The van der Waals surface area contributed by atoms with Gasteiger partial charge < -0.3 is 14.6 Å². The van der Waals surface area contributed by atoms with Gasteiger partial charge in [0.1, 0.15) is 11.8 Å². The zero-order chi connectivity index (χ0) is 17.1. The lowest BCUT2D eigenvalue weighted by Gasteiger charge is -2.12. The summed E-state index contributed by atoms with van der Waals surface area (Å²) in [5, 5.41) is 7.46. The van der Waals surface area contributed by atoms with E-state index in [0.717, 1.165) is 17.0 Å². The van der Waals surface area contributed by atoms with Gasteiger partial charge in [0.15, 0.2) is 0 Å². The predicted octanol–water partition coefficient (Wildman–Crippen LogP) is 4.54. The van der Waals surface area contributed by atoms with Gasteiger partial charge in [0.05, 0.1) is 7.11 Å². The average Bonchev–Trinajstić information content (AvgIpc) is 3.08. The molecule has 1 N–H and O–H groups in total. The summed E-state index contributed by atoms with van der Waals surface area (Å²) in [5.74, 6) is 1.92. The van der Waals surface area contributed by atoms with Crippen molar-refractivity contribution in [3.05, 3.63) is 59.5 Å². The van der Waals surface area contributed by atoms with E-state index >= 15 is 0 Å². The third kappa shape index (κ3) is 3.40. The molecular formula is C19H21N3O2. The minimum Gasteiger partial charge on any atom is -0.497 e. The third-order valence-corrected chi connectivity index (χ3v) is 4.05. The second-order valence-corrected chi connectivity index (χ2v) is 5.85. The molecule has 0 unspecified atom stereocenters. The molecule has 24 heavy (non-hydrogen) atoms. The SMILES string of the molecule is COc1ccc(-c2noc([C@H](C)Nc3ccc(C)c(C)c3)n2)cc1. The van der Waals surface area contributed by atoms with Gasteiger partial charge in [-0.25, -0.2) is 0 Å². The lowest BCUT2D eigenvalue weighted by molar-refractivity contribution is 0.368. The highest BCUT2D eigenvalue weighted by atomic mass is 16.5. The van der Waals surface area contributed by atoms with Crippen molar-refractivity contribution in [2.45, 2.75) is 26.8 Å². The van der Waals surface area contributed by atoms with Gasteiger partial charge in [0.25, 0.3) is 0 Å². The van der Waals surface area contributed by atoms with Crippen LogP contribution in [0.3, 0.4) is 0 Å².